The molecule has 1 unspecified atom stereocenters. The highest BCUT2D eigenvalue weighted by atomic mass is 127. The molecule has 1 fully saturated rings. The minimum absolute atomic E-state index is 0. The number of aryl methyl sites for hydroxylation is 1. The van der Waals surface area contributed by atoms with E-state index in [0.29, 0.717) is 0 Å². The maximum atomic E-state index is 5.67. The van der Waals surface area contributed by atoms with Crippen molar-refractivity contribution < 1.29 is 4.42 Å². The van der Waals surface area contributed by atoms with Gasteiger partial charge in [-0.2, -0.15) is 0 Å². The number of guanidine groups is 1. The summed E-state index contributed by atoms with van der Waals surface area (Å²) < 4.78 is 5.67. The number of rotatable bonds is 7. The number of hydrogen-bond donors (Lipinski definition) is 2. The average molecular weight is 489 g/mol. The van der Waals surface area contributed by atoms with Gasteiger partial charge in [-0.05, 0) is 45.0 Å². The average Bonchev–Trinajstić information content (AvgIpc) is 3.37. The van der Waals surface area contributed by atoms with E-state index in [2.05, 4.69) is 38.5 Å². The molecule has 2 aromatic heterocycles. The van der Waals surface area contributed by atoms with E-state index in [0.717, 1.165) is 49.3 Å². The highest BCUT2D eigenvalue weighted by Crippen LogP contribution is 2.24. The number of nitrogens with zero attached hydrogens (tertiary/aromatic N) is 3. The smallest absolute Gasteiger partial charge is 0.191 e. The van der Waals surface area contributed by atoms with Gasteiger partial charge >= 0.3 is 0 Å². The van der Waals surface area contributed by atoms with Crippen molar-refractivity contribution in [3.63, 3.8) is 0 Å². The van der Waals surface area contributed by atoms with Crippen molar-refractivity contribution in [1.29, 1.82) is 0 Å². The summed E-state index contributed by atoms with van der Waals surface area (Å²) in [4.78, 5) is 12.5. The second-order valence-corrected chi connectivity index (χ2v) is 7.59. The highest BCUT2D eigenvalue weighted by Gasteiger charge is 2.25. The molecular formula is C18H28IN5OS. The molecule has 144 valence electrons. The van der Waals surface area contributed by atoms with Crippen LogP contribution in [-0.4, -0.2) is 49.1 Å². The van der Waals surface area contributed by atoms with Crippen molar-refractivity contribution in [2.24, 2.45) is 4.99 Å². The molecule has 0 aromatic carbocycles. The Morgan fingerprint density at radius 1 is 1.38 bits per heavy atom. The van der Waals surface area contributed by atoms with Gasteiger partial charge in [0.1, 0.15) is 5.76 Å². The highest BCUT2D eigenvalue weighted by molar-refractivity contribution is 14.0. The Balaban J connectivity index is 0.00000243. The zero-order valence-electron chi connectivity index (χ0n) is 15.4. The van der Waals surface area contributed by atoms with Crippen LogP contribution in [0.4, 0.5) is 0 Å². The molecule has 1 saturated heterocycles. The Bertz CT molecular complexity index is 667. The topological polar surface area (TPSA) is 65.7 Å². The largest absolute Gasteiger partial charge is 0.468 e. The van der Waals surface area contributed by atoms with E-state index in [1.807, 2.05) is 12.3 Å². The van der Waals surface area contributed by atoms with Gasteiger partial charge in [0.15, 0.2) is 5.96 Å². The summed E-state index contributed by atoms with van der Waals surface area (Å²) in [6, 6.07) is 4.27. The van der Waals surface area contributed by atoms with Gasteiger partial charge < -0.3 is 15.1 Å². The Kier molecular flexibility index (Phi) is 8.86. The van der Waals surface area contributed by atoms with E-state index in [4.69, 9.17) is 4.42 Å². The van der Waals surface area contributed by atoms with Gasteiger partial charge in [0.25, 0.3) is 0 Å². The monoisotopic (exact) mass is 489 g/mol. The van der Waals surface area contributed by atoms with E-state index < -0.39 is 0 Å². The summed E-state index contributed by atoms with van der Waals surface area (Å²) >= 11 is 1.75. The fraction of sp³-hybridized carbons (Fsp3) is 0.556. The first-order valence-electron chi connectivity index (χ1n) is 8.89. The van der Waals surface area contributed by atoms with Gasteiger partial charge in [0.05, 0.1) is 17.3 Å². The molecule has 0 aliphatic carbocycles. The van der Waals surface area contributed by atoms with Crippen LogP contribution in [0, 0.1) is 6.92 Å². The molecule has 26 heavy (non-hydrogen) atoms. The molecule has 2 aromatic rings. The van der Waals surface area contributed by atoms with Crippen LogP contribution in [0.1, 0.15) is 34.5 Å². The second kappa shape index (κ2) is 10.9. The third kappa shape index (κ3) is 5.95. The van der Waals surface area contributed by atoms with E-state index in [-0.39, 0.29) is 30.0 Å². The zero-order chi connectivity index (χ0) is 17.5. The molecule has 0 saturated carbocycles. The van der Waals surface area contributed by atoms with Crippen molar-refractivity contribution in [2.45, 2.75) is 32.2 Å². The fourth-order valence-corrected chi connectivity index (χ4v) is 3.95. The van der Waals surface area contributed by atoms with Crippen molar-refractivity contribution in [3.05, 3.63) is 40.2 Å². The molecule has 1 aliphatic heterocycles. The number of thiazole rings is 1. The van der Waals surface area contributed by atoms with Crippen LogP contribution in [0.5, 0.6) is 0 Å². The molecule has 2 N–H and O–H groups in total. The summed E-state index contributed by atoms with van der Waals surface area (Å²) in [5, 5.41) is 7.98. The molecule has 1 atom stereocenters. The van der Waals surface area contributed by atoms with Gasteiger partial charge in [-0.15, -0.1) is 35.3 Å². The molecule has 0 amide bonds. The first kappa shape index (κ1) is 21.2. The lowest BCUT2D eigenvalue weighted by molar-refractivity contribution is 0.215. The minimum atomic E-state index is 0. The summed E-state index contributed by atoms with van der Waals surface area (Å²) in [7, 11) is 1.81. The number of aromatic nitrogens is 1. The molecule has 0 bridgehead atoms. The van der Waals surface area contributed by atoms with Gasteiger partial charge in [-0.3, -0.25) is 9.89 Å². The molecule has 8 heteroatoms. The van der Waals surface area contributed by atoms with Crippen LogP contribution in [0.25, 0.3) is 0 Å². The van der Waals surface area contributed by atoms with Crippen molar-refractivity contribution in [2.75, 3.05) is 33.2 Å². The Morgan fingerprint density at radius 3 is 2.81 bits per heavy atom. The zero-order valence-corrected chi connectivity index (χ0v) is 18.5. The summed E-state index contributed by atoms with van der Waals surface area (Å²) in [5.41, 5.74) is 0. The van der Waals surface area contributed by atoms with Gasteiger partial charge in [0, 0.05) is 37.6 Å². The minimum Gasteiger partial charge on any atom is -0.468 e. The predicted molar refractivity (Wildman–Crippen MR) is 118 cm³/mol. The first-order chi connectivity index (χ1) is 12.3. The molecule has 3 heterocycles. The van der Waals surface area contributed by atoms with Crippen LogP contribution in [-0.2, 0) is 6.42 Å². The SMILES string of the molecule is CN=C(NCCc1ncc(C)s1)NCC(c1ccco1)N1CCCC1.I. The molecule has 0 spiro atoms. The lowest BCUT2D eigenvalue weighted by Crippen LogP contribution is -2.43. The van der Waals surface area contributed by atoms with Crippen LogP contribution in [0.2, 0.25) is 0 Å². The third-order valence-electron chi connectivity index (χ3n) is 4.44. The van der Waals surface area contributed by atoms with Crippen molar-refractivity contribution in [1.82, 2.24) is 20.5 Å². The lowest BCUT2D eigenvalue weighted by Gasteiger charge is -2.26. The number of nitrogens with one attached hydrogen (secondary N) is 2. The van der Waals surface area contributed by atoms with Crippen LogP contribution >= 0.6 is 35.3 Å². The Labute approximate surface area is 176 Å². The maximum Gasteiger partial charge on any atom is 0.191 e. The standard InChI is InChI=1S/C18H27N5OS.HI/c1-14-12-21-17(25-14)7-8-20-18(19-2)22-13-15(16-6-5-11-24-16)23-9-3-4-10-23;/h5-6,11-12,15H,3-4,7-10,13H2,1-2H3,(H2,19,20,22);1H. The Morgan fingerprint density at radius 2 is 2.19 bits per heavy atom. The molecule has 6 nitrogen and oxygen atoms in total. The quantitative estimate of drug-likeness (QED) is 0.355. The van der Waals surface area contributed by atoms with Crippen LogP contribution < -0.4 is 10.6 Å². The van der Waals surface area contributed by atoms with Gasteiger partial charge in [0.2, 0.25) is 0 Å². The molecule has 1 aliphatic rings. The van der Waals surface area contributed by atoms with E-state index in [9.17, 15) is 0 Å². The van der Waals surface area contributed by atoms with Crippen LogP contribution in [0.3, 0.4) is 0 Å². The molecule has 0 radical (unpaired) electrons. The number of hydrogen-bond acceptors (Lipinski definition) is 5. The van der Waals surface area contributed by atoms with E-state index in [1.54, 1.807) is 24.6 Å². The molecular weight excluding hydrogens is 461 g/mol. The number of furan rings is 1. The number of aliphatic imine (C=N–C) groups is 1. The fourth-order valence-electron chi connectivity index (χ4n) is 3.16. The summed E-state index contributed by atoms with van der Waals surface area (Å²) in [6.07, 6.45) is 7.11. The third-order valence-corrected chi connectivity index (χ3v) is 5.41. The van der Waals surface area contributed by atoms with Crippen molar-refractivity contribution in [3.8, 4) is 0 Å². The first-order valence-corrected chi connectivity index (χ1v) is 9.71. The van der Waals surface area contributed by atoms with Gasteiger partial charge in [-0.25, -0.2) is 4.98 Å². The molecule has 3 rings (SSSR count). The Hall–Kier alpha value is -1.13. The second-order valence-electron chi connectivity index (χ2n) is 6.27. The lowest BCUT2D eigenvalue weighted by atomic mass is 10.2. The number of halogens is 1. The van der Waals surface area contributed by atoms with Crippen LogP contribution in [0.15, 0.2) is 34.0 Å². The predicted octanol–water partition coefficient (Wildman–Crippen LogP) is 3.21. The maximum absolute atomic E-state index is 5.67. The summed E-state index contributed by atoms with van der Waals surface area (Å²) in [5.74, 6) is 1.84. The van der Waals surface area contributed by atoms with E-state index >= 15 is 0 Å². The van der Waals surface area contributed by atoms with E-state index in [1.165, 1.54) is 17.7 Å². The number of likely N-dealkylation sites (tertiary alicyclic amines) is 1. The summed E-state index contributed by atoms with van der Waals surface area (Å²) in [6.45, 7) is 5.94. The van der Waals surface area contributed by atoms with Gasteiger partial charge in [-0.1, -0.05) is 0 Å². The van der Waals surface area contributed by atoms with Crippen molar-refractivity contribution >= 4 is 41.3 Å². The normalized spacial score (nSPS) is 16.3.